The van der Waals surface area contributed by atoms with E-state index in [1.807, 2.05) is 17.0 Å². The zero-order valence-corrected chi connectivity index (χ0v) is 11.8. The molecule has 1 unspecified atom stereocenters. The van der Waals surface area contributed by atoms with Crippen LogP contribution in [0.4, 0.5) is 0 Å². The number of benzene rings is 1. The van der Waals surface area contributed by atoms with Crippen molar-refractivity contribution in [3.8, 4) is 5.75 Å². The summed E-state index contributed by atoms with van der Waals surface area (Å²) in [5.74, 6) is 0.539. The van der Waals surface area contributed by atoms with E-state index in [1.54, 1.807) is 12.1 Å². The molecular formula is C16H22N2O2. The van der Waals surface area contributed by atoms with Gasteiger partial charge < -0.3 is 15.3 Å². The maximum Gasteiger partial charge on any atom is 0.222 e. The lowest BCUT2D eigenvalue weighted by atomic mass is 9.86. The third kappa shape index (κ3) is 2.80. The van der Waals surface area contributed by atoms with Crippen molar-refractivity contribution in [2.24, 2.45) is 5.41 Å². The van der Waals surface area contributed by atoms with Crippen LogP contribution in [-0.2, 0) is 11.2 Å². The SMILES string of the molecule is O=C(CCc1ccc(O)cc1)N1CCC2(CCNC2)C1. The van der Waals surface area contributed by atoms with Crippen molar-refractivity contribution in [2.45, 2.75) is 25.7 Å². The number of nitrogens with zero attached hydrogens (tertiary/aromatic N) is 1. The quantitative estimate of drug-likeness (QED) is 0.879. The Kier molecular flexibility index (Phi) is 3.66. The summed E-state index contributed by atoms with van der Waals surface area (Å²) in [5.41, 5.74) is 1.46. The van der Waals surface area contributed by atoms with Crippen LogP contribution in [0.2, 0.25) is 0 Å². The van der Waals surface area contributed by atoms with E-state index in [0.717, 1.165) is 44.6 Å². The topological polar surface area (TPSA) is 52.6 Å². The van der Waals surface area contributed by atoms with Gasteiger partial charge in [-0.05, 0) is 43.5 Å². The van der Waals surface area contributed by atoms with Gasteiger partial charge in [0.05, 0.1) is 0 Å². The van der Waals surface area contributed by atoms with Gasteiger partial charge in [-0.15, -0.1) is 0 Å². The summed E-state index contributed by atoms with van der Waals surface area (Å²) in [7, 11) is 0. The first-order valence-corrected chi connectivity index (χ1v) is 7.43. The fourth-order valence-corrected chi connectivity index (χ4v) is 3.36. The molecule has 1 aromatic rings. The molecule has 1 aromatic carbocycles. The van der Waals surface area contributed by atoms with Crippen LogP contribution in [0, 0.1) is 5.41 Å². The third-order valence-corrected chi connectivity index (χ3v) is 4.69. The lowest BCUT2D eigenvalue weighted by Gasteiger charge is -2.22. The number of hydrogen-bond donors (Lipinski definition) is 2. The summed E-state index contributed by atoms with van der Waals surface area (Å²) in [6.45, 7) is 3.99. The largest absolute Gasteiger partial charge is 0.508 e. The maximum absolute atomic E-state index is 12.3. The molecule has 0 aromatic heterocycles. The number of aromatic hydroxyl groups is 1. The molecule has 1 amide bonds. The second-order valence-corrected chi connectivity index (χ2v) is 6.16. The third-order valence-electron chi connectivity index (χ3n) is 4.69. The summed E-state index contributed by atoms with van der Waals surface area (Å²) in [5, 5.41) is 12.7. The number of carbonyl (C=O) groups is 1. The highest BCUT2D eigenvalue weighted by Crippen LogP contribution is 2.36. The molecule has 1 atom stereocenters. The number of aryl methyl sites for hydroxylation is 1. The monoisotopic (exact) mass is 274 g/mol. The maximum atomic E-state index is 12.3. The number of hydrogen-bond acceptors (Lipinski definition) is 3. The Morgan fingerprint density at radius 2 is 2.10 bits per heavy atom. The van der Waals surface area contributed by atoms with Gasteiger partial charge in [0.25, 0.3) is 0 Å². The molecule has 1 spiro atoms. The Balaban J connectivity index is 1.51. The van der Waals surface area contributed by atoms with Crippen LogP contribution in [0.1, 0.15) is 24.8 Å². The molecule has 0 aliphatic carbocycles. The molecular weight excluding hydrogens is 252 g/mol. The predicted octanol–water partition coefficient (Wildman–Crippen LogP) is 1.54. The van der Waals surface area contributed by atoms with Crippen LogP contribution in [0.25, 0.3) is 0 Å². The summed E-state index contributed by atoms with van der Waals surface area (Å²) in [6, 6.07) is 7.12. The first-order chi connectivity index (χ1) is 9.67. The minimum Gasteiger partial charge on any atom is -0.508 e. The first kappa shape index (κ1) is 13.4. The van der Waals surface area contributed by atoms with Crippen molar-refractivity contribution in [2.75, 3.05) is 26.2 Å². The second-order valence-electron chi connectivity index (χ2n) is 6.16. The number of phenolic OH excluding ortho intramolecular Hbond substituents is 1. The molecule has 2 aliphatic heterocycles. The minimum absolute atomic E-state index is 0.266. The first-order valence-electron chi connectivity index (χ1n) is 7.43. The van der Waals surface area contributed by atoms with Crippen molar-refractivity contribution >= 4 is 5.91 Å². The van der Waals surface area contributed by atoms with Crippen LogP contribution in [0.5, 0.6) is 5.75 Å². The van der Waals surface area contributed by atoms with E-state index < -0.39 is 0 Å². The second kappa shape index (κ2) is 5.44. The van der Waals surface area contributed by atoms with E-state index in [1.165, 1.54) is 6.42 Å². The van der Waals surface area contributed by atoms with Gasteiger partial charge >= 0.3 is 0 Å². The smallest absolute Gasteiger partial charge is 0.222 e. The molecule has 2 fully saturated rings. The fourth-order valence-electron chi connectivity index (χ4n) is 3.36. The Bertz CT molecular complexity index is 478. The number of phenols is 1. The van der Waals surface area contributed by atoms with E-state index in [9.17, 15) is 9.90 Å². The van der Waals surface area contributed by atoms with Crippen LogP contribution in [0.15, 0.2) is 24.3 Å². The van der Waals surface area contributed by atoms with Gasteiger partial charge in [-0.1, -0.05) is 12.1 Å². The van der Waals surface area contributed by atoms with E-state index in [-0.39, 0.29) is 11.7 Å². The van der Waals surface area contributed by atoms with Gasteiger partial charge in [-0.25, -0.2) is 0 Å². The number of rotatable bonds is 3. The molecule has 3 rings (SSSR count). The molecule has 20 heavy (non-hydrogen) atoms. The van der Waals surface area contributed by atoms with E-state index in [4.69, 9.17) is 0 Å². The lowest BCUT2D eigenvalue weighted by molar-refractivity contribution is -0.130. The number of likely N-dealkylation sites (tertiary alicyclic amines) is 1. The zero-order chi connectivity index (χ0) is 14.0. The molecule has 0 saturated carbocycles. The van der Waals surface area contributed by atoms with Gasteiger partial charge in [-0.3, -0.25) is 4.79 Å². The van der Waals surface area contributed by atoms with Gasteiger partial charge in [0.2, 0.25) is 5.91 Å². The number of carbonyl (C=O) groups excluding carboxylic acids is 1. The molecule has 2 aliphatic rings. The Hall–Kier alpha value is -1.55. The van der Waals surface area contributed by atoms with Gasteiger partial charge in [0.15, 0.2) is 0 Å². The zero-order valence-electron chi connectivity index (χ0n) is 11.8. The van der Waals surface area contributed by atoms with Crippen LogP contribution < -0.4 is 5.32 Å². The van der Waals surface area contributed by atoms with Gasteiger partial charge in [0.1, 0.15) is 5.75 Å². The van der Waals surface area contributed by atoms with Crippen LogP contribution in [0.3, 0.4) is 0 Å². The van der Waals surface area contributed by atoms with Crippen LogP contribution in [-0.4, -0.2) is 42.1 Å². The number of nitrogens with one attached hydrogen (secondary N) is 1. The molecule has 4 nitrogen and oxygen atoms in total. The summed E-state index contributed by atoms with van der Waals surface area (Å²) in [4.78, 5) is 14.3. The van der Waals surface area contributed by atoms with E-state index in [0.29, 0.717) is 11.8 Å². The van der Waals surface area contributed by atoms with Crippen molar-refractivity contribution in [1.82, 2.24) is 10.2 Å². The van der Waals surface area contributed by atoms with Gasteiger partial charge in [0, 0.05) is 31.5 Å². The summed E-state index contributed by atoms with van der Waals surface area (Å²) >= 11 is 0. The van der Waals surface area contributed by atoms with Crippen molar-refractivity contribution < 1.29 is 9.90 Å². The Morgan fingerprint density at radius 3 is 2.80 bits per heavy atom. The number of amides is 1. The highest BCUT2D eigenvalue weighted by Gasteiger charge is 2.41. The molecule has 2 saturated heterocycles. The van der Waals surface area contributed by atoms with Crippen molar-refractivity contribution in [3.63, 3.8) is 0 Å². The molecule has 0 radical (unpaired) electrons. The summed E-state index contributed by atoms with van der Waals surface area (Å²) < 4.78 is 0. The average Bonchev–Trinajstić information content (AvgIpc) is 3.09. The lowest BCUT2D eigenvalue weighted by Crippen LogP contribution is -2.33. The highest BCUT2D eigenvalue weighted by molar-refractivity contribution is 5.76. The van der Waals surface area contributed by atoms with E-state index >= 15 is 0 Å². The fraction of sp³-hybridized carbons (Fsp3) is 0.562. The molecule has 2 heterocycles. The molecule has 108 valence electrons. The predicted molar refractivity (Wildman–Crippen MR) is 77.5 cm³/mol. The van der Waals surface area contributed by atoms with Crippen LogP contribution >= 0.6 is 0 Å². The normalized spacial score (nSPS) is 25.5. The molecule has 0 bridgehead atoms. The van der Waals surface area contributed by atoms with E-state index in [2.05, 4.69) is 5.32 Å². The van der Waals surface area contributed by atoms with Crippen molar-refractivity contribution in [3.05, 3.63) is 29.8 Å². The van der Waals surface area contributed by atoms with Gasteiger partial charge in [-0.2, -0.15) is 0 Å². The minimum atomic E-state index is 0.266. The Labute approximate surface area is 119 Å². The molecule has 4 heteroatoms. The highest BCUT2D eigenvalue weighted by atomic mass is 16.3. The standard InChI is InChI=1S/C16H22N2O2/c19-14-4-1-13(2-5-14)3-6-15(20)18-10-8-16(12-18)7-9-17-11-16/h1-2,4-5,17,19H,3,6-12H2. The average molecular weight is 274 g/mol. The van der Waals surface area contributed by atoms with Crippen molar-refractivity contribution in [1.29, 1.82) is 0 Å². The Morgan fingerprint density at radius 1 is 1.30 bits per heavy atom. The molecule has 2 N–H and O–H groups in total. The summed E-state index contributed by atoms with van der Waals surface area (Å²) in [6.07, 6.45) is 3.66.